The number of anilines is 1. The molecule has 5 heteroatoms. The van der Waals surface area contributed by atoms with Gasteiger partial charge in [-0.25, -0.2) is 4.90 Å². The molecule has 3 aromatic carbocycles. The molecule has 1 aliphatic heterocycles. The molecule has 2 bridgehead atoms. The van der Waals surface area contributed by atoms with Crippen molar-refractivity contribution in [2.45, 2.75) is 16.7 Å². The zero-order valence-corrected chi connectivity index (χ0v) is 17.6. The van der Waals surface area contributed by atoms with Crippen LogP contribution >= 0.6 is 23.2 Å². The number of benzene rings is 3. The van der Waals surface area contributed by atoms with Gasteiger partial charge in [-0.3, -0.25) is 9.59 Å². The summed E-state index contributed by atoms with van der Waals surface area (Å²) in [5, 5.41) is 0. The summed E-state index contributed by atoms with van der Waals surface area (Å²) in [4.78, 5) is 26.5. The second kappa shape index (κ2) is 5.75. The minimum absolute atomic E-state index is 0.294. The average Bonchev–Trinajstić information content (AvgIpc) is 3.04. The Hall–Kier alpha value is -2.62. The highest BCUT2D eigenvalue weighted by molar-refractivity contribution is 6.38. The molecule has 2 amide bonds. The van der Waals surface area contributed by atoms with Crippen LogP contribution in [0.4, 0.5) is 5.69 Å². The van der Waals surface area contributed by atoms with E-state index in [0.717, 1.165) is 27.8 Å². The van der Waals surface area contributed by atoms with E-state index in [9.17, 15) is 9.59 Å². The summed E-state index contributed by atoms with van der Waals surface area (Å²) in [6.07, 6.45) is 0. The van der Waals surface area contributed by atoms with E-state index in [1.54, 1.807) is 12.1 Å². The van der Waals surface area contributed by atoms with Gasteiger partial charge in [-0.2, -0.15) is 0 Å². The summed E-state index contributed by atoms with van der Waals surface area (Å²) in [5.74, 6) is -2.12. The lowest BCUT2D eigenvalue weighted by Crippen LogP contribution is -2.57. The van der Waals surface area contributed by atoms with Gasteiger partial charge in [0, 0.05) is 0 Å². The second-order valence-electron chi connectivity index (χ2n) is 8.32. The number of hydrogen-bond acceptors (Lipinski definition) is 2. The van der Waals surface area contributed by atoms with Crippen molar-refractivity contribution in [1.82, 2.24) is 0 Å². The molecule has 4 aliphatic rings. The third-order valence-electron chi connectivity index (χ3n) is 6.88. The Morgan fingerprint density at radius 1 is 0.667 bits per heavy atom. The van der Waals surface area contributed by atoms with Crippen LogP contribution in [0, 0.1) is 18.8 Å². The van der Waals surface area contributed by atoms with Crippen LogP contribution in [-0.2, 0) is 19.3 Å². The van der Waals surface area contributed by atoms with Crippen molar-refractivity contribution in [3.63, 3.8) is 0 Å². The Kier molecular flexibility index (Phi) is 3.48. The number of aryl methyl sites for hydroxylation is 1. The van der Waals surface area contributed by atoms with Crippen LogP contribution in [0.2, 0.25) is 0 Å². The normalized spacial score (nSPS) is 30.8. The molecule has 3 aliphatic carbocycles. The van der Waals surface area contributed by atoms with Crippen molar-refractivity contribution in [3.05, 3.63) is 101 Å². The zero-order valence-electron chi connectivity index (χ0n) is 16.1. The van der Waals surface area contributed by atoms with Crippen LogP contribution in [0.1, 0.15) is 27.8 Å². The minimum Gasteiger partial charge on any atom is -0.274 e. The third kappa shape index (κ3) is 1.89. The number of alkyl halides is 2. The molecule has 0 aromatic heterocycles. The summed E-state index contributed by atoms with van der Waals surface area (Å²) in [6.45, 7) is 1.96. The standard InChI is InChI=1S/C25H17Cl2NO2/c1-14-10-12-15(13-11-14)28-22(29)20-21(23(28)30)25(27)17-7-3-2-6-16(17)24(20,26)18-8-4-5-9-19(18)25/h2-13,20-21H,1H3/t20-,21+,24?,25?. The number of amides is 2. The molecule has 2 atom stereocenters. The van der Waals surface area contributed by atoms with E-state index in [2.05, 4.69) is 0 Å². The van der Waals surface area contributed by atoms with Crippen molar-refractivity contribution in [3.8, 4) is 0 Å². The fourth-order valence-electron chi connectivity index (χ4n) is 5.62. The molecular weight excluding hydrogens is 417 g/mol. The molecule has 7 rings (SSSR count). The Morgan fingerprint density at radius 2 is 1.03 bits per heavy atom. The molecule has 0 unspecified atom stereocenters. The second-order valence-corrected chi connectivity index (χ2v) is 9.51. The number of nitrogens with zero attached hydrogens (tertiary/aromatic N) is 1. The quantitative estimate of drug-likeness (QED) is 0.395. The van der Waals surface area contributed by atoms with Gasteiger partial charge in [-0.1, -0.05) is 66.2 Å². The van der Waals surface area contributed by atoms with Gasteiger partial charge in [0.2, 0.25) is 11.8 Å². The first-order valence-corrected chi connectivity index (χ1v) is 10.7. The molecule has 0 radical (unpaired) electrons. The zero-order chi connectivity index (χ0) is 20.8. The molecule has 0 spiro atoms. The first-order chi connectivity index (χ1) is 14.4. The highest BCUT2D eigenvalue weighted by Gasteiger charge is 2.73. The van der Waals surface area contributed by atoms with Gasteiger partial charge in [-0.05, 0) is 41.3 Å². The van der Waals surface area contributed by atoms with Crippen molar-refractivity contribution in [1.29, 1.82) is 0 Å². The van der Waals surface area contributed by atoms with Crippen LogP contribution < -0.4 is 4.90 Å². The molecule has 1 saturated heterocycles. The van der Waals surface area contributed by atoms with Crippen molar-refractivity contribution >= 4 is 40.7 Å². The lowest BCUT2D eigenvalue weighted by Gasteiger charge is -2.54. The summed E-state index contributed by atoms with van der Waals surface area (Å²) in [5.41, 5.74) is 4.86. The number of hydrogen-bond donors (Lipinski definition) is 0. The van der Waals surface area contributed by atoms with E-state index < -0.39 is 21.6 Å². The summed E-state index contributed by atoms with van der Waals surface area (Å²) < 4.78 is 0. The molecule has 0 saturated carbocycles. The SMILES string of the molecule is Cc1ccc(N2C(=O)[C@@H]3[C@H](C2=O)C2(Cl)c4ccccc4C3(Cl)c3ccccc32)cc1. The summed E-state index contributed by atoms with van der Waals surface area (Å²) >= 11 is 14.8. The number of carbonyl (C=O) groups is 2. The molecule has 1 heterocycles. The highest BCUT2D eigenvalue weighted by atomic mass is 35.5. The topological polar surface area (TPSA) is 37.4 Å². The van der Waals surface area contributed by atoms with E-state index in [1.165, 1.54) is 4.90 Å². The van der Waals surface area contributed by atoms with Gasteiger partial charge < -0.3 is 0 Å². The molecule has 3 nitrogen and oxygen atoms in total. The van der Waals surface area contributed by atoms with Crippen molar-refractivity contribution in [2.75, 3.05) is 4.90 Å². The Bertz CT molecular complexity index is 1130. The van der Waals surface area contributed by atoms with E-state index in [-0.39, 0.29) is 11.8 Å². The van der Waals surface area contributed by atoms with Gasteiger partial charge in [0.05, 0.1) is 17.5 Å². The Morgan fingerprint density at radius 3 is 1.40 bits per heavy atom. The predicted molar refractivity (Wildman–Crippen MR) is 117 cm³/mol. The maximum atomic E-state index is 13.8. The average molecular weight is 434 g/mol. The van der Waals surface area contributed by atoms with Crippen LogP contribution in [0.15, 0.2) is 72.8 Å². The Balaban J connectivity index is 1.66. The largest absolute Gasteiger partial charge is 0.274 e. The smallest absolute Gasteiger partial charge is 0.240 e. The van der Waals surface area contributed by atoms with E-state index in [4.69, 9.17) is 23.2 Å². The van der Waals surface area contributed by atoms with E-state index in [1.807, 2.05) is 67.6 Å². The summed E-state index contributed by atoms with van der Waals surface area (Å²) in [6, 6.07) is 22.7. The first-order valence-electron chi connectivity index (χ1n) is 9.92. The van der Waals surface area contributed by atoms with E-state index in [0.29, 0.717) is 5.69 Å². The van der Waals surface area contributed by atoms with Crippen LogP contribution in [0.25, 0.3) is 0 Å². The number of rotatable bonds is 1. The molecule has 0 N–H and O–H groups in total. The van der Waals surface area contributed by atoms with Crippen LogP contribution in [-0.4, -0.2) is 11.8 Å². The molecule has 148 valence electrons. The maximum Gasteiger partial charge on any atom is 0.240 e. The van der Waals surface area contributed by atoms with E-state index >= 15 is 0 Å². The summed E-state index contributed by atoms with van der Waals surface area (Å²) in [7, 11) is 0. The molecule has 30 heavy (non-hydrogen) atoms. The minimum atomic E-state index is -1.14. The molecular formula is C25H17Cl2NO2. The fourth-order valence-corrected chi connectivity index (χ4v) is 6.71. The van der Waals surface area contributed by atoms with Crippen LogP contribution in [0.5, 0.6) is 0 Å². The number of halogens is 2. The maximum absolute atomic E-state index is 13.8. The third-order valence-corrected chi connectivity index (χ3v) is 8.16. The van der Waals surface area contributed by atoms with Gasteiger partial charge in [-0.15, -0.1) is 23.2 Å². The lowest BCUT2D eigenvalue weighted by atomic mass is 9.54. The number of carbonyl (C=O) groups excluding carboxylic acids is 2. The predicted octanol–water partition coefficient (Wildman–Crippen LogP) is 5.09. The van der Waals surface area contributed by atoms with Gasteiger partial charge in [0.1, 0.15) is 9.75 Å². The molecule has 3 aromatic rings. The fraction of sp³-hybridized carbons (Fsp3) is 0.200. The molecule has 1 fully saturated rings. The highest BCUT2D eigenvalue weighted by Crippen LogP contribution is 2.69. The Labute approximate surface area is 184 Å². The van der Waals surface area contributed by atoms with Crippen LogP contribution in [0.3, 0.4) is 0 Å². The van der Waals surface area contributed by atoms with Gasteiger partial charge in [0.15, 0.2) is 0 Å². The van der Waals surface area contributed by atoms with Gasteiger partial charge >= 0.3 is 0 Å². The first kappa shape index (κ1) is 18.2. The lowest BCUT2D eigenvalue weighted by molar-refractivity contribution is -0.122. The monoisotopic (exact) mass is 433 g/mol. The number of imide groups is 1. The van der Waals surface area contributed by atoms with Crippen molar-refractivity contribution in [2.24, 2.45) is 11.8 Å². The van der Waals surface area contributed by atoms with Gasteiger partial charge in [0.25, 0.3) is 0 Å². The van der Waals surface area contributed by atoms with Crippen molar-refractivity contribution < 1.29 is 9.59 Å².